The summed E-state index contributed by atoms with van der Waals surface area (Å²) < 4.78 is 12.2. The third-order valence-corrected chi connectivity index (χ3v) is 7.92. The van der Waals surface area contributed by atoms with Crippen LogP contribution in [0.4, 0.5) is 0 Å². The fourth-order valence-electron chi connectivity index (χ4n) is 4.85. The summed E-state index contributed by atoms with van der Waals surface area (Å²) >= 11 is 19.3. The number of ether oxygens (including phenoxy) is 2. The largest absolute Gasteiger partial charge is 0.494 e. The van der Waals surface area contributed by atoms with Gasteiger partial charge in [0.05, 0.1) is 6.61 Å². The minimum absolute atomic E-state index is 0.0550. The van der Waals surface area contributed by atoms with Gasteiger partial charge in [0, 0.05) is 52.2 Å². The molecule has 0 saturated heterocycles. The Labute approximate surface area is 259 Å². The number of aliphatic hydroxyl groups excluding tert-OH is 1. The summed E-state index contributed by atoms with van der Waals surface area (Å²) in [5.74, 6) is 0.620. The zero-order chi connectivity index (χ0) is 29.5. The van der Waals surface area contributed by atoms with Crippen molar-refractivity contribution in [2.45, 2.75) is 31.0 Å². The lowest BCUT2D eigenvalue weighted by Crippen LogP contribution is -2.49. The molecule has 0 radical (unpaired) electrons. The lowest BCUT2D eigenvalue weighted by atomic mass is 9.82. The monoisotopic (exact) mass is 622 g/mol. The average Bonchev–Trinajstić information content (AvgIpc) is 3.37. The molecule has 1 aliphatic heterocycles. The minimum Gasteiger partial charge on any atom is -0.494 e. The van der Waals surface area contributed by atoms with Gasteiger partial charge in [0.1, 0.15) is 5.75 Å². The van der Waals surface area contributed by atoms with E-state index in [9.17, 15) is 4.79 Å². The van der Waals surface area contributed by atoms with Crippen molar-refractivity contribution in [3.8, 4) is 5.75 Å². The second-order valence-electron chi connectivity index (χ2n) is 9.89. The van der Waals surface area contributed by atoms with Gasteiger partial charge in [-0.3, -0.25) is 4.79 Å². The number of nitrogens with zero attached hydrogens (tertiary/aromatic N) is 1. The first-order valence-electron chi connectivity index (χ1n) is 13.5. The van der Waals surface area contributed by atoms with Crippen molar-refractivity contribution in [2.24, 2.45) is 4.99 Å². The molecule has 2 atom stereocenters. The van der Waals surface area contributed by atoms with E-state index in [1.165, 1.54) is 0 Å². The number of aliphatic hydroxyl groups is 1. The molecule has 0 saturated carbocycles. The van der Waals surface area contributed by atoms with Crippen LogP contribution < -0.4 is 10.1 Å². The van der Waals surface area contributed by atoms with Gasteiger partial charge < -0.3 is 19.9 Å². The maximum Gasteiger partial charge on any atom is 0.252 e. The standard InChI is InChI=1S/C33H29Cl3N2O4/c34-25-13-16-27(29(36)19-25)30-33(20-22-7-2-1-3-8-22,32(40)37-21-24-9-4-5-10-28(24)35)38-31(42-30)23-11-14-26(15-12-23)41-18-6-17-39/h1-5,7-16,19,30,39H,6,17-18,20-21H2,(H,37,40)/t30-,33-/m1/s1. The highest BCUT2D eigenvalue weighted by molar-refractivity contribution is 6.35. The summed E-state index contributed by atoms with van der Waals surface area (Å²) in [6, 6.07) is 29.4. The summed E-state index contributed by atoms with van der Waals surface area (Å²) in [6.45, 7) is 0.663. The number of amides is 1. The SMILES string of the molecule is O=C(NCc1ccccc1Cl)[C@]1(Cc2ccccc2)N=C(c2ccc(OCCCO)cc2)O[C@@H]1c1ccc(Cl)cc1Cl. The Morgan fingerprint density at radius 1 is 0.929 bits per heavy atom. The molecule has 2 N–H and O–H groups in total. The maximum atomic E-state index is 14.3. The Morgan fingerprint density at radius 2 is 1.67 bits per heavy atom. The molecule has 1 aliphatic rings. The van der Waals surface area contributed by atoms with Crippen LogP contribution in [-0.2, 0) is 22.5 Å². The number of carbonyl (C=O) groups is 1. The molecule has 0 aromatic heterocycles. The van der Waals surface area contributed by atoms with Crippen LogP contribution in [0.1, 0.15) is 34.8 Å². The van der Waals surface area contributed by atoms with Crippen LogP contribution >= 0.6 is 34.8 Å². The molecule has 4 aromatic carbocycles. The van der Waals surface area contributed by atoms with Gasteiger partial charge >= 0.3 is 0 Å². The molecule has 1 amide bonds. The number of carbonyl (C=O) groups excluding carboxylic acids is 1. The van der Waals surface area contributed by atoms with E-state index in [1.807, 2.05) is 60.7 Å². The number of nitrogens with one attached hydrogen (secondary N) is 1. The van der Waals surface area contributed by atoms with Crippen LogP contribution in [0.15, 0.2) is 102 Å². The molecular formula is C33H29Cl3N2O4. The normalized spacial score (nSPS) is 17.8. The molecule has 0 unspecified atom stereocenters. The third-order valence-electron chi connectivity index (χ3n) is 6.99. The Kier molecular flexibility index (Phi) is 9.70. The molecule has 4 aromatic rings. The minimum atomic E-state index is -1.41. The smallest absolute Gasteiger partial charge is 0.252 e. The zero-order valence-electron chi connectivity index (χ0n) is 22.6. The van der Waals surface area contributed by atoms with Gasteiger partial charge in [-0.25, -0.2) is 4.99 Å². The molecule has 6 nitrogen and oxygen atoms in total. The van der Waals surface area contributed by atoms with Crippen LogP contribution in [0.25, 0.3) is 0 Å². The predicted molar refractivity (Wildman–Crippen MR) is 167 cm³/mol. The number of aliphatic imine (C=N–C) groups is 1. The van der Waals surface area contributed by atoms with Gasteiger partial charge in [-0.15, -0.1) is 0 Å². The van der Waals surface area contributed by atoms with E-state index in [4.69, 9.17) is 54.4 Å². The fraction of sp³-hybridized carbons (Fsp3) is 0.212. The summed E-state index contributed by atoms with van der Waals surface area (Å²) in [5, 5.41) is 13.5. The van der Waals surface area contributed by atoms with E-state index in [0.29, 0.717) is 50.9 Å². The van der Waals surface area contributed by atoms with E-state index in [-0.39, 0.29) is 25.5 Å². The Hall–Kier alpha value is -3.55. The molecule has 0 fully saturated rings. The molecule has 0 spiro atoms. The number of halogens is 3. The molecule has 42 heavy (non-hydrogen) atoms. The second kappa shape index (κ2) is 13.6. The van der Waals surface area contributed by atoms with Crippen LogP contribution in [0.2, 0.25) is 15.1 Å². The predicted octanol–water partition coefficient (Wildman–Crippen LogP) is 7.22. The van der Waals surface area contributed by atoms with Crippen molar-refractivity contribution in [3.63, 3.8) is 0 Å². The van der Waals surface area contributed by atoms with Gasteiger partial charge in [-0.05, 0) is 53.6 Å². The number of rotatable bonds is 11. The first-order chi connectivity index (χ1) is 20.4. The molecule has 0 aliphatic carbocycles. The van der Waals surface area contributed by atoms with Crippen molar-refractivity contribution in [3.05, 3.63) is 134 Å². The highest BCUT2D eigenvalue weighted by Gasteiger charge is 2.53. The lowest BCUT2D eigenvalue weighted by molar-refractivity contribution is -0.129. The highest BCUT2D eigenvalue weighted by atomic mass is 35.5. The maximum absolute atomic E-state index is 14.3. The third kappa shape index (κ3) is 6.74. The average molecular weight is 624 g/mol. The quantitative estimate of drug-likeness (QED) is 0.173. The number of benzene rings is 4. The van der Waals surface area contributed by atoms with Gasteiger partial charge in [-0.1, -0.05) is 89.4 Å². The Bertz CT molecular complexity index is 1560. The molecular weight excluding hydrogens is 595 g/mol. The van der Waals surface area contributed by atoms with Crippen molar-refractivity contribution in [2.75, 3.05) is 13.2 Å². The Morgan fingerprint density at radius 3 is 2.38 bits per heavy atom. The van der Waals surface area contributed by atoms with Gasteiger partial charge in [0.2, 0.25) is 5.90 Å². The summed E-state index contributed by atoms with van der Waals surface area (Å²) in [4.78, 5) is 19.4. The first-order valence-corrected chi connectivity index (χ1v) is 14.6. The molecule has 0 bridgehead atoms. The fourth-order valence-corrected chi connectivity index (χ4v) is 5.56. The van der Waals surface area contributed by atoms with Gasteiger partial charge in [0.25, 0.3) is 5.91 Å². The number of hydrogen-bond donors (Lipinski definition) is 2. The topological polar surface area (TPSA) is 80.2 Å². The van der Waals surface area contributed by atoms with Crippen molar-refractivity contribution in [1.29, 1.82) is 0 Å². The molecule has 216 valence electrons. The summed E-state index contributed by atoms with van der Waals surface area (Å²) in [5.41, 5.74) is 1.54. The van der Waals surface area contributed by atoms with Crippen LogP contribution in [-0.4, -0.2) is 35.7 Å². The van der Waals surface area contributed by atoms with Gasteiger partial charge in [-0.2, -0.15) is 0 Å². The van der Waals surface area contributed by atoms with E-state index in [2.05, 4.69) is 5.32 Å². The molecule has 5 rings (SSSR count). The lowest BCUT2D eigenvalue weighted by Gasteiger charge is -2.31. The highest BCUT2D eigenvalue weighted by Crippen LogP contribution is 2.45. The zero-order valence-corrected chi connectivity index (χ0v) is 24.9. The molecule has 1 heterocycles. The van der Waals surface area contributed by atoms with E-state index in [1.54, 1.807) is 36.4 Å². The van der Waals surface area contributed by atoms with Crippen molar-refractivity contribution in [1.82, 2.24) is 5.32 Å². The van der Waals surface area contributed by atoms with Crippen LogP contribution in [0.3, 0.4) is 0 Å². The van der Waals surface area contributed by atoms with Crippen molar-refractivity contribution >= 4 is 46.6 Å². The molecule has 9 heteroatoms. The summed E-state index contributed by atoms with van der Waals surface area (Å²) in [7, 11) is 0. The van der Waals surface area contributed by atoms with Crippen molar-refractivity contribution < 1.29 is 19.4 Å². The Balaban J connectivity index is 1.57. The van der Waals surface area contributed by atoms with Crippen LogP contribution in [0, 0.1) is 0 Å². The first kappa shape index (κ1) is 29.9. The van der Waals surface area contributed by atoms with E-state index >= 15 is 0 Å². The van der Waals surface area contributed by atoms with Crippen LogP contribution in [0.5, 0.6) is 5.75 Å². The van der Waals surface area contributed by atoms with Gasteiger partial charge in [0.15, 0.2) is 11.6 Å². The summed E-state index contributed by atoms with van der Waals surface area (Å²) in [6.07, 6.45) is -0.0754. The van der Waals surface area contributed by atoms with E-state index < -0.39 is 11.6 Å². The number of hydrogen-bond acceptors (Lipinski definition) is 5. The second-order valence-corrected chi connectivity index (χ2v) is 11.1. The van der Waals surface area contributed by atoms with E-state index in [0.717, 1.165) is 11.1 Å².